The molecule has 0 aromatic carbocycles. The van der Waals surface area contributed by atoms with Crippen LogP contribution in [0.15, 0.2) is 17.5 Å². The first kappa shape index (κ1) is 10.6. The Hall–Kier alpha value is -0.291. The second-order valence-corrected chi connectivity index (χ2v) is 1.47. The maximum atomic E-state index is 6.50. The number of rotatable bonds is 0. The summed E-state index contributed by atoms with van der Waals surface area (Å²) < 4.78 is 0. The maximum absolute atomic E-state index is 6.50. The van der Waals surface area contributed by atoms with Gasteiger partial charge in [0.1, 0.15) is 0 Å². The molecule has 0 aliphatic heterocycles. The first-order valence-corrected chi connectivity index (χ1v) is 2.53. The average molecular weight is 174 g/mol. The van der Waals surface area contributed by atoms with Crippen molar-refractivity contribution in [3.8, 4) is 6.57 Å². The first-order valence-electron chi connectivity index (χ1n) is 1.65. The molecule has 0 fully saturated rings. The molecule has 46 valence electrons. The van der Waals surface area contributed by atoms with Crippen LogP contribution in [0.4, 0.5) is 0 Å². The van der Waals surface area contributed by atoms with Crippen molar-refractivity contribution in [3.05, 3.63) is 22.9 Å². The summed E-state index contributed by atoms with van der Waals surface area (Å²) in [5.41, 5.74) is 0. The third-order valence-electron chi connectivity index (χ3n) is 0.379. The Morgan fingerprint density at radius 2 is 2.12 bits per heavy atom. The summed E-state index contributed by atoms with van der Waals surface area (Å²) in [6, 6.07) is 3.86. The minimum absolute atomic E-state index is 0. The predicted molar refractivity (Wildman–Crippen MR) is 29.8 cm³/mol. The van der Waals surface area contributed by atoms with Crippen molar-refractivity contribution < 1.29 is 17.1 Å². The van der Waals surface area contributed by atoms with Gasteiger partial charge in [0.15, 0.2) is 0 Å². The molecule has 0 aliphatic rings. The van der Waals surface area contributed by atoms with Gasteiger partial charge >= 0.3 is 17.1 Å². The normalized spacial score (nSPS) is 5.25. The molecule has 1 aromatic heterocycles. The summed E-state index contributed by atoms with van der Waals surface area (Å²) in [5.74, 6) is 0. The van der Waals surface area contributed by atoms with Gasteiger partial charge in [0.05, 0.1) is 0 Å². The van der Waals surface area contributed by atoms with Crippen LogP contribution in [0.5, 0.6) is 0 Å². The van der Waals surface area contributed by atoms with E-state index in [0.717, 1.165) is 0 Å². The van der Waals surface area contributed by atoms with Gasteiger partial charge in [0.25, 0.3) is 0 Å². The van der Waals surface area contributed by atoms with E-state index >= 15 is 0 Å². The third-order valence-corrected chi connectivity index (χ3v) is 0.944. The molecule has 1 aromatic rings. The van der Waals surface area contributed by atoms with Gasteiger partial charge in [-0.15, -0.1) is 5.38 Å². The molecule has 3 heteroatoms. The van der Waals surface area contributed by atoms with E-state index in [2.05, 4.69) is 12.0 Å². The molecule has 0 aliphatic carbocycles. The fraction of sp³-hybridized carbons (Fsp3) is 0. The zero-order valence-corrected chi connectivity index (χ0v) is 5.72. The fourth-order valence-corrected chi connectivity index (χ4v) is 0.589. The minimum atomic E-state index is 0. The number of hydrogen-bond acceptors (Lipinski definition) is 2. The molecule has 8 heavy (non-hydrogen) atoms. The molecule has 0 N–H and O–H groups in total. The van der Waals surface area contributed by atoms with Crippen LogP contribution in [-0.2, 0) is 17.1 Å². The summed E-state index contributed by atoms with van der Waals surface area (Å²) in [7, 11) is 0. The van der Waals surface area contributed by atoms with Gasteiger partial charge in [-0.05, 0) is 0 Å². The molecule has 1 heterocycles. The van der Waals surface area contributed by atoms with E-state index in [4.69, 9.17) is 5.26 Å². The molecule has 1 nitrogen and oxygen atoms in total. The average Bonchev–Trinajstić information content (AvgIpc) is 2.23. The zero-order valence-electron chi connectivity index (χ0n) is 3.97. The van der Waals surface area contributed by atoms with E-state index in [1.54, 1.807) is 11.3 Å². The van der Waals surface area contributed by atoms with Gasteiger partial charge in [0, 0.05) is 6.57 Å². The van der Waals surface area contributed by atoms with Crippen LogP contribution in [0.3, 0.4) is 0 Å². The molecule has 0 bridgehead atoms. The van der Waals surface area contributed by atoms with Crippen LogP contribution in [-0.4, -0.2) is 0 Å². The summed E-state index contributed by atoms with van der Waals surface area (Å²) in [5, 5.41) is 11.4. The zero-order chi connectivity index (χ0) is 5.54. The van der Waals surface area contributed by atoms with Crippen LogP contribution in [0.2, 0.25) is 0 Å². The second-order valence-electron chi connectivity index (χ2n) is 0.731. The van der Waals surface area contributed by atoms with Gasteiger partial charge in [0.2, 0.25) is 0 Å². The van der Waals surface area contributed by atoms with Crippen molar-refractivity contribution in [3.63, 3.8) is 0 Å². The second kappa shape index (κ2) is 9.86. The van der Waals surface area contributed by atoms with Crippen molar-refractivity contribution in [1.82, 2.24) is 0 Å². The van der Waals surface area contributed by atoms with Crippen LogP contribution in [0.25, 0.3) is 0 Å². The molecule has 0 amide bonds. The monoisotopic (exact) mass is 173 g/mol. The number of thiophene rings is 1. The van der Waals surface area contributed by atoms with E-state index in [9.17, 15) is 0 Å². The topological polar surface area (TPSA) is 23.8 Å². The Bertz CT molecular complexity index is 96.0. The summed E-state index contributed by atoms with van der Waals surface area (Å²) >= 11 is 1.59. The molecule has 0 spiro atoms. The molecule has 0 saturated carbocycles. The van der Waals surface area contributed by atoms with E-state index in [0.29, 0.717) is 0 Å². The maximum Gasteiger partial charge on any atom is 1.00 e. The van der Waals surface area contributed by atoms with Crippen LogP contribution < -0.4 is 0 Å². The Balaban J connectivity index is 0. The minimum Gasteiger partial charge on any atom is -0.304 e. The molecular formula is C5H4CuNS. The Labute approximate surface area is 63.4 Å². The summed E-state index contributed by atoms with van der Waals surface area (Å²) in [4.78, 5) is 0. The van der Waals surface area contributed by atoms with Crippen LogP contribution in [0.1, 0.15) is 0 Å². The molecule has 0 unspecified atom stereocenters. The molecule has 1 rings (SSSR count). The molecule has 0 atom stereocenters. The Kier molecular flexibility index (Phi) is 13.1. The van der Waals surface area contributed by atoms with Gasteiger partial charge in [-0.2, -0.15) is 11.4 Å². The number of nitriles is 1. The SMILES string of the molecule is C#N.[Cu+].[c-]1cccs1. The van der Waals surface area contributed by atoms with Crippen molar-refractivity contribution in [2.24, 2.45) is 0 Å². The predicted octanol–water partition coefficient (Wildman–Crippen LogP) is 1.69. The first-order chi connectivity index (χ1) is 3.50. The largest absolute Gasteiger partial charge is 1.00 e. The van der Waals surface area contributed by atoms with Crippen molar-refractivity contribution in [2.45, 2.75) is 0 Å². The van der Waals surface area contributed by atoms with Gasteiger partial charge in [-0.1, -0.05) is 0 Å². The van der Waals surface area contributed by atoms with E-state index in [-0.39, 0.29) is 17.1 Å². The molecular weight excluding hydrogens is 170 g/mol. The van der Waals surface area contributed by atoms with E-state index in [1.165, 1.54) is 0 Å². The van der Waals surface area contributed by atoms with Crippen LogP contribution in [0, 0.1) is 17.2 Å². The standard InChI is InChI=1S/C4H3S.CHN.Cu/c1-2-4-5-3-1;1-2;/h1-3H;1H;/q-1;;+1. The van der Waals surface area contributed by atoms with E-state index in [1.807, 2.05) is 17.5 Å². The van der Waals surface area contributed by atoms with Gasteiger partial charge < -0.3 is 11.3 Å². The Morgan fingerprint density at radius 3 is 2.25 bits per heavy atom. The third kappa shape index (κ3) is 5.71. The summed E-state index contributed by atoms with van der Waals surface area (Å²) in [6.07, 6.45) is 0. The van der Waals surface area contributed by atoms with Gasteiger partial charge in [-0.3, -0.25) is 0 Å². The van der Waals surface area contributed by atoms with Crippen molar-refractivity contribution >= 4 is 11.3 Å². The fourth-order valence-electron chi connectivity index (χ4n) is 0.196. The van der Waals surface area contributed by atoms with Gasteiger partial charge in [-0.25, -0.2) is 11.3 Å². The van der Waals surface area contributed by atoms with Crippen molar-refractivity contribution in [2.75, 3.05) is 0 Å². The van der Waals surface area contributed by atoms with Crippen LogP contribution >= 0.6 is 11.3 Å². The quantitative estimate of drug-likeness (QED) is 0.433. The Morgan fingerprint density at radius 1 is 1.50 bits per heavy atom. The number of nitrogens with zero attached hydrogens (tertiary/aromatic N) is 1. The van der Waals surface area contributed by atoms with Crippen molar-refractivity contribution in [1.29, 1.82) is 5.26 Å². The summed E-state index contributed by atoms with van der Waals surface area (Å²) in [6.45, 7) is 3.50. The molecule has 0 saturated heterocycles. The molecule has 0 radical (unpaired) electrons. The smallest absolute Gasteiger partial charge is 0.304 e. The van der Waals surface area contributed by atoms with E-state index < -0.39 is 0 Å². The number of hydrogen-bond donors (Lipinski definition) is 0.